The zero-order valence-corrected chi connectivity index (χ0v) is 17.6. The number of hydrogen-bond donors (Lipinski definition) is 9. The molecule has 0 radical (unpaired) electrons. The molecule has 0 aromatic heterocycles. The second-order valence-electron chi connectivity index (χ2n) is 7.21. The Kier molecular flexibility index (Phi) is 9.12. The molecule has 0 fully saturated rings. The highest BCUT2D eigenvalue weighted by Crippen LogP contribution is 2.19. The molecule has 0 aliphatic carbocycles. The van der Waals surface area contributed by atoms with Crippen molar-refractivity contribution >= 4 is 34.8 Å². The van der Waals surface area contributed by atoms with Crippen LogP contribution in [0.5, 0.6) is 0 Å². The number of nitrogens with two attached hydrogens (primary N) is 2. The largest absolute Gasteiger partial charge is 0.399 e. The Morgan fingerprint density at radius 1 is 0.636 bits per heavy atom. The fourth-order valence-corrected chi connectivity index (χ4v) is 2.81. The molecule has 11 N–H and O–H groups in total. The second kappa shape index (κ2) is 11.8. The number of anilines is 3. The molecule has 0 heterocycles. The molecule has 0 unspecified atom stereocenters. The van der Waals surface area contributed by atoms with Crippen molar-refractivity contribution in [3.05, 3.63) is 53.1 Å². The summed E-state index contributed by atoms with van der Waals surface area (Å²) in [7, 11) is 0. The second-order valence-corrected chi connectivity index (χ2v) is 7.21. The number of nitrogens with one attached hydrogen (secondary N) is 3. The van der Waals surface area contributed by atoms with Gasteiger partial charge in [-0.1, -0.05) is 0 Å². The van der Waals surface area contributed by atoms with E-state index in [2.05, 4.69) is 16.0 Å². The first-order chi connectivity index (χ1) is 15.7. The lowest BCUT2D eigenvalue weighted by molar-refractivity contribution is 0.0874. The smallest absolute Gasteiger partial charge is 0.255 e. The van der Waals surface area contributed by atoms with Gasteiger partial charge in [0.05, 0.1) is 38.5 Å². The molecule has 178 valence electrons. The van der Waals surface area contributed by atoms with Crippen LogP contribution in [0.3, 0.4) is 0 Å². The van der Waals surface area contributed by atoms with Crippen LogP contribution in [0.15, 0.2) is 36.4 Å². The Hall–Kier alpha value is -3.71. The molecule has 0 saturated heterocycles. The molecule has 2 aromatic rings. The van der Waals surface area contributed by atoms with Crippen molar-refractivity contribution in [3.63, 3.8) is 0 Å². The summed E-state index contributed by atoms with van der Waals surface area (Å²) in [5, 5.41) is 43.9. The first-order valence-corrected chi connectivity index (χ1v) is 9.88. The topological polar surface area (TPSA) is 220 Å². The highest BCUT2D eigenvalue weighted by atomic mass is 16.3. The molecule has 0 bridgehead atoms. The Labute approximate surface area is 189 Å². The van der Waals surface area contributed by atoms with Crippen molar-refractivity contribution in [1.29, 1.82) is 0 Å². The van der Waals surface area contributed by atoms with Gasteiger partial charge in [0.15, 0.2) is 0 Å². The Bertz CT molecular complexity index is 1010. The van der Waals surface area contributed by atoms with Crippen LogP contribution in [0.1, 0.15) is 31.1 Å². The van der Waals surface area contributed by atoms with E-state index in [9.17, 15) is 14.4 Å². The molecule has 0 spiro atoms. The molecule has 0 atom stereocenters. The minimum Gasteiger partial charge on any atom is -0.399 e. The van der Waals surface area contributed by atoms with Crippen LogP contribution in [0.25, 0.3) is 0 Å². The number of amides is 3. The van der Waals surface area contributed by atoms with Crippen molar-refractivity contribution in [2.45, 2.75) is 12.1 Å². The lowest BCUT2D eigenvalue weighted by atomic mass is 10.1. The van der Waals surface area contributed by atoms with Crippen LogP contribution in [0.2, 0.25) is 0 Å². The Balaban J connectivity index is 2.23. The highest BCUT2D eigenvalue weighted by molar-refractivity contribution is 6.08. The number of hydrogen-bond acceptors (Lipinski definition) is 9. The molecule has 2 rings (SSSR count). The van der Waals surface area contributed by atoms with E-state index in [0.29, 0.717) is 0 Å². The van der Waals surface area contributed by atoms with Gasteiger partial charge in [-0.05, 0) is 36.4 Å². The average molecular weight is 461 g/mol. The predicted molar refractivity (Wildman–Crippen MR) is 121 cm³/mol. The number of rotatable bonds is 10. The van der Waals surface area contributed by atoms with Gasteiger partial charge in [-0.3, -0.25) is 14.4 Å². The molecule has 0 aliphatic rings. The molecule has 0 aliphatic heterocycles. The predicted octanol–water partition coefficient (Wildman–Crippen LogP) is -1.73. The highest BCUT2D eigenvalue weighted by Gasteiger charge is 2.17. The fraction of sp³-hybridized carbons (Fsp3) is 0.286. The summed E-state index contributed by atoms with van der Waals surface area (Å²) in [4.78, 5) is 37.4. The molecule has 3 amide bonds. The summed E-state index contributed by atoms with van der Waals surface area (Å²) >= 11 is 0. The van der Waals surface area contributed by atoms with Gasteiger partial charge in [0, 0.05) is 33.8 Å². The monoisotopic (exact) mass is 461 g/mol. The molecular weight excluding hydrogens is 434 g/mol. The quantitative estimate of drug-likeness (QED) is 0.183. The third-order valence-electron chi connectivity index (χ3n) is 4.51. The lowest BCUT2D eigenvalue weighted by Crippen LogP contribution is -2.40. The third-order valence-corrected chi connectivity index (χ3v) is 4.51. The maximum absolute atomic E-state index is 12.8. The van der Waals surface area contributed by atoms with E-state index in [1.807, 2.05) is 0 Å². The Morgan fingerprint density at radius 2 is 1.03 bits per heavy atom. The van der Waals surface area contributed by atoms with E-state index in [1.54, 1.807) is 0 Å². The van der Waals surface area contributed by atoms with Crippen molar-refractivity contribution in [2.75, 3.05) is 43.2 Å². The molecule has 33 heavy (non-hydrogen) atoms. The Morgan fingerprint density at radius 3 is 1.48 bits per heavy atom. The van der Waals surface area contributed by atoms with E-state index in [-0.39, 0.29) is 33.8 Å². The van der Waals surface area contributed by atoms with E-state index in [0.717, 1.165) is 0 Å². The van der Waals surface area contributed by atoms with E-state index in [4.69, 9.17) is 31.9 Å². The van der Waals surface area contributed by atoms with E-state index in [1.165, 1.54) is 36.4 Å². The van der Waals surface area contributed by atoms with Gasteiger partial charge in [-0.25, -0.2) is 0 Å². The van der Waals surface area contributed by atoms with Crippen LogP contribution in [-0.2, 0) is 0 Å². The van der Waals surface area contributed by atoms with Gasteiger partial charge in [0.25, 0.3) is 17.7 Å². The minimum atomic E-state index is -0.871. The molecule has 12 heteroatoms. The summed E-state index contributed by atoms with van der Waals surface area (Å²) in [6.07, 6.45) is 0. The van der Waals surface area contributed by atoms with E-state index >= 15 is 0 Å². The first kappa shape index (κ1) is 25.5. The molecular formula is C21H27N5O7. The zero-order valence-electron chi connectivity index (χ0n) is 17.6. The van der Waals surface area contributed by atoms with Crippen LogP contribution >= 0.6 is 0 Å². The summed E-state index contributed by atoms with van der Waals surface area (Å²) in [5.74, 6) is -1.90. The van der Waals surface area contributed by atoms with Crippen molar-refractivity contribution in [2.24, 2.45) is 0 Å². The molecule has 0 saturated carbocycles. The molecule has 12 nitrogen and oxygen atoms in total. The minimum absolute atomic E-state index is 0.0405. The van der Waals surface area contributed by atoms with Crippen LogP contribution < -0.4 is 27.4 Å². The first-order valence-electron chi connectivity index (χ1n) is 9.88. The lowest BCUT2D eigenvalue weighted by Gasteiger charge is -2.15. The van der Waals surface area contributed by atoms with Crippen molar-refractivity contribution < 1.29 is 34.8 Å². The van der Waals surface area contributed by atoms with Crippen molar-refractivity contribution in [1.82, 2.24) is 10.6 Å². The number of benzene rings is 2. The summed E-state index contributed by atoms with van der Waals surface area (Å²) in [5.41, 5.74) is 12.3. The van der Waals surface area contributed by atoms with E-state index < -0.39 is 56.2 Å². The van der Waals surface area contributed by atoms with Gasteiger partial charge < -0.3 is 47.8 Å². The SMILES string of the molecule is Nc1cc(NC(=O)c2cc(N)cc(C(=O)NC(CO)CO)c2)cc(C(=O)NC(CO)CO)c1. The third kappa shape index (κ3) is 7.15. The number of nitrogen functional groups attached to an aromatic ring is 2. The summed E-state index contributed by atoms with van der Waals surface area (Å²) in [6.45, 7) is -1.87. The number of aliphatic hydroxyl groups excluding tert-OH is 4. The van der Waals surface area contributed by atoms with Gasteiger partial charge in [-0.2, -0.15) is 0 Å². The standard InChI is InChI=1S/C21H27N5O7/c22-14-2-11(1-12(3-14)20(32)25-17(7-27)8-28)19(31)24-16-5-13(4-15(23)6-16)21(33)26-18(9-29)10-30/h1-6,17-18,27-30H,7-10,22-23H2,(H,24,31)(H,25,32)(H,26,33). The van der Waals surface area contributed by atoms with Gasteiger partial charge in [0.2, 0.25) is 0 Å². The number of carbonyl (C=O) groups is 3. The van der Waals surface area contributed by atoms with Gasteiger partial charge in [-0.15, -0.1) is 0 Å². The number of carbonyl (C=O) groups excluding carboxylic acids is 3. The fourth-order valence-electron chi connectivity index (χ4n) is 2.81. The maximum atomic E-state index is 12.8. The summed E-state index contributed by atoms with van der Waals surface area (Å²) < 4.78 is 0. The van der Waals surface area contributed by atoms with Crippen LogP contribution in [0.4, 0.5) is 17.1 Å². The average Bonchev–Trinajstić information content (AvgIpc) is 2.79. The van der Waals surface area contributed by atoms with Crippen molar-refractivity contribution in [3.8, 4) is 0 Å². The summed E-state index contributed by atoms with van der Waals surface area (Å²) in [6, 6.07) is 6.35. The number of aliphatic hydroxyl groups is 4. The maximum Gasteiger partial charge on any atom is 0.255 e. The normalized spacial score (nSPS) is 10.8. The van der Waals surface area contributed by atoms with Crippen LogP contribution in [-0.4, -0.2) is 76.7 Å². The van der Waals surface area contributed by atoms with Gasteiger partial charge in [0.1, 0.15) is 0 Å². The molecule has 2 aromatic carbocycles. The zero-order chi connectivity index (χ0) is 24.5. The van der Waals surface area contributed by atoms with Crippen LogP contribution in [0, 0.1) is 0 Å². The van der Waals surface area contributed by atoms with Gasteiger partial charge >= 0.3 is 0 Å².